The van der Waals surface area contributed by atoms with Crippen molar-refractivity contribution in [2.24, 2.45) is 0 Å². The summed E-state index contributed by atoms with van der Waals surface area (Å²) < 4.78 is 33.4. The molecule has 1 unspecified atom stereocenters. The highest BCUT2D eigenvalue weighted by atomic mass is 19.1. The van der Waals surface area contributed by atoms with E-state index < -0.39 is 23.6 Å². The van der Waals surface area contributed by atoms with Crippen molar-refractivity contribution < 1.29 is 32.7 Å². The third-order valence-corrected chi connectivity index (χ3v) is 13.0. The summed E-state index contributed by atoms with van der Waals surface area (Å²) >= 11 is 0. The summed E-state index contributed by atoms with van der Waals surface area (Å²) in [5, 5.41) is 17.1. The number of fused-ring (bicyclic) bond motifs is 2. The van der Waals surface area contributed by atoms with E-state index in [4.69, 9.17) is 4.74 Å². The van der Waals surface area contributed by atoms with Gasteiger partial charge in [0.1, 0.15) is 17.7 Å². The Labute approximate surface area is 356 Å². The van der Waals surface area contributed by atoms with Crippen molar-refractivity contribution in [2.75, 3.05) is 72.9 Å². The third-order valence-electron chi connectivity index (χ3n) is 13.0. The van der Waals surface area contributed by atoms with Gasteiger partial charge in [-0.15, -0.1) is 0 Å². The number of aromatic nitrogens is 2. The molecule has 0 aliphatic carbocycles. The van der Waals surface area contributed by atoms with Gasteiger partial charge in [0, 0.05) is 112 Å². The lowest BCUT2D eigenvalue weighted by Gasteiger charge is -2.49. The number of aromatic amines is 1. The molecule has 0 spiro atoms. The number of anilines is 4. The van der Waals surface area contributed by atoms with Crippen molar-refractivity contribution >= 4 is 57.4 Å². The van der Waals surface area contributed by atoms with Crippen LogP contribution in [0.25, 0.3) is 10.9 Å². The number of piperazine rings is 1. The number of carbonyl (C=O) groups excluding carboxylic acids is 4. The van der Waals surface area contributed by atoms with Gasteiger partial charge in [0.05, 0.1) is 11.1 Å². The van der Waals surface area contributed by atoms with Crippen molar-refractivity contribution in [3.63, 3.8) is 0 Å². The van der Waals surface area contributed by atoms with Crippen molar-refractivity contribution in [1.29, 1.82) is 0 Å². The molecule has 0 radical (unpaired) electrons. The Morgan fingerprint density at radius 3 is 2.35 bits per heavy atom. The first-order chi connectivity index (χ1) is 30.1. The summed E-state index contributed by atoms with van der Waals surface area (Å²) in [5.74, 6) is -2.07. The van der Waals surface area contributed by atoms with Gasteiger partial charge in [-0.3, -0.25) is 34.5 Å². The number of H-pyrrole nitrogens is 1. The topological polar surface area (TPSA) is 155 Å². The summed E-state index contributed by atoms with van der Waals surface area (Å²) in [4.78, 5) is 60.3. The minimum atomic E-state index is -0.630. The van der Waals surface area contributed by atoms with Crippen LogP contribution < -0.4 is 25.8 Å². The number of nitrogens with zero attached hydrogens (tertiary/aromatic N) is 5. The fraction of sp³-hybridized carbons (Fsp3) is 0.370. The van der Waals surface area contributed by atoms with E-state index in [1.165, 1.54) is 12.1 Å². The van der Waals surface area contributed by atoms with E-state index in [2.05, 4.69) is 53.0 Å². The fourth-order valence-corrected chi connectivity index (χ4v) is 9.48. The van der Waals surface area contributed by atoms with Crippen LogP contribution in [0.15, 0.2) is 72.8 Å². The Balaban J connectivity index is 0.783. The van der Waals surface area contributed by atoms with Crippen molar-refractivity contribution in [1.82, 2.24) is 25.3 Å². The molecule has 5 aliphatic rings. The summed E-state index contributed by atoms with van der Waals surface area (Å²) in [7, 11) is 0. The predicted molar refractivity (Wildman–Crippen MR) is 229 cm³/mol. The first-order valence-corrected chi connectivity index (χ1v) is 21.3. The first kappa shape index (κ1) is 39.7. The van der Waals surface area contributed by atoms with Crippen LogP contribution in [0.5, 0.6) is 0 Å². The average molecular weight is 844 g/mol. The maximum absolute atomic E-state index is 14.0. The normalized spacial score (nSPS) is 20.1. The second-order valence-corrected chi connectivity index (χ2v) is 16.9. The maximum Gasteiger partial charge on any atom is 0.258 e. The Bertz CT molecular complexity index is 2560. The van der Waals surface area contributed by atoms with Crippen molar-refractivity contribution in [3.8, 4) is 0 Å². The van der Waals surface area contributed by atoms with E-state index in [1.807, 2.05) is 42.5 Å². The van der Waals surface area contributed by atoms with Gasteiger partial charge in [-0.05, 0) is 97.0 Å². The molecule has 4 saturated heterocycles. The van der Waals surface area contributed by atoms with Crippen molar-refractivity contribution in [3.05, 3.63) is 112 Å². The SMILES string of the molecule is O=C1CCC(N2Cc3ccc(N4CC(N5CCN(c6ccc(C(=O)Nc7n[nH]c8ccc(Cc9cc(F)cc(F)c9)cc78)c(NC7CCOCC7)c6)CC5)C4)cc3C2=O)C(=O)N1. The molecule has 4 amide bonds. The number of hydrogen-bond acceptors (Lipinski definition) is 10. The number of hydrogen-bond donors (Lipinski definition) is 4. The van der Waals surface area contributed by atoms with Gasteiger partial charge in [0.2, 0.25) is 11.8 Å². The van der Waals surface area contributed by atoms with E-state index in [-0.39, 0.29) is 30.2 Å². The van der Waals surface area contributed by atoms with E-state index in [1.54, 1.807) is 4.90 Å². The van der Waals surface area contributed by atoms with E-state index >= 15 is 0 Å². The number of rotatable bonds is 10. The summed E-state index contributed by atoms with van der Waals surface area (Å²) in [6, 6.07) is 20.9. The van der Waals surface area contributed by atoms with Crippen LogP contribution in [-0.4, -0.2) is 114 Å². The smallest absolute Gasteiger partial charge is 0.258 e. The molecule has 5 aromatic rings. The van der Waals surface area contributed by atoms with Crippen LogP contribution >= 0.6 is 0 Å². The number of amides is 4. The van der Waals surface area contributed by atoms with Crippen LogP contribution in [0.4, 0.5) is 31.7 Å². The van der Waals surface area contributed by atoms with Crippen LogP contribution in [0, 0.1) is 11.6 Å². The molecule has 1 aromatic heterocycles. The van der Waals surface area contributed by atoms with Gasteiger partial charge >= 0.3 is 0 Å². The molecular weight excluding hydrogens is 797 g/mol. The zero-order valence-electron chi connectivity index (χ0n) is 34.1. The molecule has 0 bridgehead atoms. The number of benzene rings is 4. The number of carbonyl (C=O) groups is 4. The lowest BCUT2D eigenvalue weighted by atomic mass is 10.0. The predicted octanol–water partition coefficient (Wildman–Crippen LogP) is 5.05. The number of ether oxygens (including phenoxy) is 1. The molecule has 62 heavy (non-hydrogen) atoms. The Morgan fingerprint density at radius 2 is 1.58 bits per heavy atom. The minimum absolute atomic E-state index is 0.151. The van der Waals surface area contributed by atoms with Gasteiger partial charge in [-0.25, -0.2) is 8.78 Å². The van der Waals surface area contributed by atoms with Crippen molar-refractivity contribution in [2.45, 2.75) is 56.8 Å². The van der Waals surface area contributed by atoms with Crippen LogP contribution in [0.1, 0.15) is 63.1 Å². The summed E-state index contributed by atoms with van der Waals surface area (Å²) in [5.41, 5.74) is 6.83. The molecule has 6 heterocycles. The zero-order valence-corrected chi connectivity index (χ0v) is 34.1. The first-order valence-electron chi connectivity index (χ1n) is 21.3. The maximum atomic E-state index is 14.0. The monoisotopic (exact) mass is 843 g/mol. The largest absolute Gasteiger partial charge is 0.381 e. The highest BCUT2D eigenvalue weighted by Gasteiger charge is 2.40. The van der Waals surface area contributed by atoms with Gasteiger partial charge in [0.15, 0.2) is 5.82 Å². The Morgan fingerprint density at radius 1 is 0.823 bits per heavy atom. The second kappa shape index (κ2) is 16.5. The molecule has 320 valence electrons. The van der Waals surface area contributed by atoms with E-state index in [0.717, 1.165) is 91.9 Å². The zero-order chi connectivity index (χ0) is 42.5. The molecule has 14 nitrogen and oxygen atoms in total. The molecule has 5 aliphatic heterocycles. The number of piperidine rings is 1. The Hall–Kier alpha value is -6.39. The van der Waals surface area contributed by atoms with E-state index in [9.17, 15) is 28.0 Å². The fourth-order valence-electron chi connectivity index (χ4n) is 9.48. The van der Waals surface area contributed by atoms with E-state index in [0.29, 0.717) is 66.5 Å². The molecule has 1 atom stereocenters. The molecule has 4 fully saturated rings. The molecule has 16 heteroatoms. The second-order valence-electron chi connectivity index (χ2n) is 16.9. The van der Waals surface area contributed by atoms with Crippen LogP contribution in [0.3, 0.4) is 0 Å². The van der Waals surface area contributed by atoms with Crippen LogP contribution in [-0.2, 0) is 27.3 Å². The molecule has 4 N–H and O–H groups in total. The summed E-state index contributed by atoms with van der Waals surface area (Å²) in [6.07, 6.45) is 2.54. The van der Waals surface area contributed by atoms with Gasteiger partial charge in [-0.1, -0.05) is 12.1 Å². The quantitative estimate of drug-likeness (QED) is 0.141. The van der Waals surface area contributed by atoms with Crippen LogP contribution in [0.2, 0.25) is 0 Å². The Kier molecular flexibility index (Phi) is 10.6. The number of halogens is 2. The highest BCUT2D eigenvalue weighted by molar-refractivity contribution is 6.11. The number of nitrogens with one attached hydrogen (secondary N) is 4. The highest BCUT2D eigenvalue weighted by Crippen LogP contribution is 2.34. The third kappa shape index (κ3) is 7.95. The van der Waals surface area contributed by atoms with Gasteiger partial charge in [0.25, 0.3) is 11.8 Å². The standard InChI is InChI=1S/C46H47F2N9O5/c47-30-18-28(19-31(48)21-30)17-27-1-6-39-38(20-27)43(53-52-39)51-44(59)36-5-4-34(23-40(36)49-32-9-15-62-16-10-32)54-11-13-55(14-12-54)35-25-56(26-35)33-3-2-29-24-57(46(61)37(29)22-33)41-7-8-42(58)50-45(41)60/h1-6,18-23,32,35,41,49H,7-17,24-26H2,(H,50,58,60)(H2,51,52,53,59). The molecule has 4 aromatic carbocycles. The van der Waals surface area contributed by atoms with Gasteiger partial charge < -0.3 is 30.1 Å². The number of imide groups is 1. The van der Waals surface area contributed by atoms with Gasteiger partial charge in [-0.2, -0.15) is 5.10 Å². The molecule has 10 rings (SSSR count). The lowest BCUT2D eigenvalue weighted by molar-refractivity contribution is -0.136. The minimum Gasteiger partial charge on any atom is -0.381 e. The molecular formula is C46H47F2N9O5. The lowest BCUT2D eigenvalue weighted by Crippen LogP contribution is -2.63. The molecule has 0 saturated carbocycles. The summed E-state index contributed by atoms with van der Waals surface area (Å²) in [6.45, 7) is 6.79. The average Bonchev–Trinajstić information content (AvgIpc) is 3.79.